The molecule has 0 radical (unpaired) electrons. The Morgan fingerprint density at radius 1 is 0.903 bits per heavy atom. The molecule has 3 nitrogen and oxygen atoms in total. The lowest BCUT2D eigenvalue weighted by Gasteiger charge is -2.47. The minimum atomic E-state index is -0.977. The third-order valence-corrected chi connectivity index (χ3v) is 7.70. The van der Waals surface area contributed by atoms with Crippen molar-refractivity contribution < 1.29 is 9.90 Å². The number of halogens is 1. The van der Waals surface area contributed by atoms with E-state index < -0.39 is 11.5 Å². The van der Waals surface area contributed by atoms with Crippen LogP contribution in [0.5, 0.6) is 0 Å². The molecule has 1 unspecified atom stereocenters. The molecule has 2 aliphatic rings. The molecule has 5 rings (SSSR count). The number of nitrogens with one attached hydrogen (secondary N) is 1. The van der Waals surface area contributed by atoms with Gasteiger partial charge in [-0.1, -0.05) is 72.3 Å². The Balaban J connectivity index is 1.50. The van der Waals surface area contributed by atoms with Gasteiger partial charge in [0.25, 0.3) is 0 Å². The van der Waals surface area contributed by atoms with E-state index in [1.807, 2.05) is 12.1 Å². The number of hydrogen-bond donors (Lipinski definition) is 2. The summed E-state index contributed by atoms with van der Waals surface area (Å²) in [6.45, 7) is 0. The highest BCUT2D eigenvalue weighted by molar-refractivity contribution is 6.30. The maximum atomic E-state index is 12.5. The minimum absolute atomic E-state index is 0.0209. The summed E-state index contributed by atoms with van der Waals surface area (Å²) in [5.74, 6) is -0.408. The number of rotatable bonds is 4. The number of aliphatic carboxylic acids is 1. The van der Waals surface area contributed by atoms with Gasteiger partial charge < -0.3 is 10.4 Å². The van der Waals surface area contributed by atoms with E-state index in [0.29, 0.717) is 23.8 Å². The van der Waals surface area contributed by atoms with Crippen molar-refractivity contribution >= 4 is 23.3 Å². The maximum Gasteiger partial charge on any atom is 0.329 e. The molecule has 0 aliphatic heterocycles. The number of carbonyl (C=O) groups is 1. The van der Waals surface area contributed by atoms with Crippen LogP contribution >= 0.6 is 11.6 Å². The standard InChI is InChI=1S/C27H26ClNO2/c28-21-10-6-11-22(18-21)29-27(25(30)31)15-13-26(14-16-27)23-12-5-4-9-20(23)17-24(26)19-7-2-1-3-8-19/h1-12,18,24,29H,13-17H2,(H,30,31). The summed E-state index contributed by atoms with van der Waals surface area (Å²) in [7, 11) is 0. The molecule has 158 valence electrons. The molecule has 0 bridgehead atoms. The Hall–Kier alpha value is -2.78. The van der Waals surface area contributed by atoms with Gasteiger partial charge in [0.15, 0.2) is 0 Å². The molecule has 2 N–H and O–H groups in total. The fourth-order valence-corrected chi connectivity index (χ4v) is 6.08. The summed E-state index contributed by atoms with van der Waals surface area (Å²) in [5, 5.41) is 14.2. The van der Waals surface area contributed by atoms with Gasteiger partial charge in [-0.3, -0.25) is 0 Å². The highest BCUT2D eigenvalue weighted by Gasteiger charge is 2.54. The van der Waals surface area contributed by atoms with E-state index in [9.17, 15) is 9.90 Å². The second kappa shape index (κ2) is 7.72. The van der Waals surface area contributed by atoms with Crippen LogP contribution in [0.2, 0.25) is 5.02 Å². The van der Waals surface area contributed by atoms with Crippen molar-refractivity contribution in [3.63, 3.8) is 0 Å². The Morgan fingerprint density at radius 2 is 1.61 bits per heavy atom. The summed E-state index contributed by atoms with van der Waals surface area (Å²) in [6.07, 6.45) is 3.84. The number of carboxylic acid groups (broad SMARTS) is 1. The lowest BCUT2D eigenvalue weighted by Crippen LogP contribution is -2.52. The van der Waals surface area contributed by atoms with Crippen molar-refractivity contribution in [2.45, 2.75) is 49.0 Å². The van der Waals surface area contributed by atoms with Gasteiger partial charge in [0.05, 0.1) is 0 Å². The number of hydrogen-bond acceptors (Lipinski definition) is 2. The second-order valence-electron chi connectivity index (χ2n) is 9.00. The van der Waals surface area contributed by atoms with Crippen molar-refractivity contribution in [2.75, 3.05) is 5.32 Å². The molecule has 3 aromatic carbocycles. The average Bonchev–Trinajstić information content (AvgIpc) is 3.10. The molecule has 1 saturated carbocycles. The highest BCUT2D eigenvalue weighted by atomic mass is 35.5. The minimum Gasteiger partial charge on any atom is -0.480 e. The van der Waals surface area contributed by atoms with Crippen molar-refractivity contribution in [3.8, 4) is 0 Å². The van der Waals surface area contributed by atoms with Gasteiger partial charge in [0.1, 0.15) is 5.54 Å². The first-order valence-electron chi connectivity index (χ1n) is 10.9. The van der Waals surface area contributed by atoms with E-state index in [0.717, 1.165) is 24.9 Å². The van der Waals surface area contributed by atoms with Crippen LogP contribution in [0.25, 0.3) is 0 Å². The summed E-state index contributed by atoms with van der Waals surface area (Å²) in [6, 6.07) is 26.8. The third-order valence-electron chi connectivity index (χ3n) is 7.46. The van der Waals surface area contributed by atoms with Crippen molar-refractivity contribution in [1.29, 1.82) is 0 Å². The van der Waals surface area contributed by atoms with Crippen LogP contribution in [0.1, 0.15) is 48.3 Å². The van der Waals surface area contributed by atoms with Crippen LogP contribution in [-0.2, 0) is 16.6 Å². The van der Waals surface area contributed by atoms with E-state index >= 15 is 0 Å². The number of anilines is 1. The van der Waals surface area contributed by atoms with Crippen LogP contribution in [-0.4, -0.2) is 16.6 Å². The Morgan fingerprint density at radius 3 is 2.32 bits per heavy atom. The topological polar surface area (TPSA) is 49.3 Å². The largest absolute Gasteiger partial charge is 0.480 e. The van der Waals surface area contributed by atoms with Crippen molar-refractivity contribution in [1.82, 2.24) is 0 Å². The molecule has 3 aromatic rings. The summed E-state index contributed by atoms with van der Waals surface area (Å²) < 4.78 is 0. The van der Waals surface area contributed by atoms with E-state index in [1.165, 1.54) is 16.7 Å². The van der Waals surface area contributed by atoms with Crippen LogP contribution in [0, 0.1) is 0 Å². The lowest BCUT2D eigenvalue weighted by atomic mass is 9.59. The highest BCUT2D eigenvalue weighted by Crippen LogP contribution is 2.57. The molecule has 0 aromatic heterocycles. The number of benzene rings is 3. The predicted molar refractivity (Wildman–Crippen MR) is 125 cm³/mol. The smallest absolute Gasteiger partial charge is 0.329 e. The predicted octanol–water partition coefficient (Wildman–Crippen LogP) is 6.43. The van der Waals surface area contributed by atoms with E-state index in [-0.39, 0.29) is 5.41 Å². The normalized spacial score (nSPS) is 27.1. The van der Waals surface area contributed by atoms with Gasteiger partial charge in [-0.15, -0.1) is 0 Å². The first kappa shape index (κ1) is 20.1. The fourth-order valence-electron chi connectivity index (χ4n) is 5.88. The molecule has 1 atom stereocenters. The zero-order valence-corrected chi connectivity index (χ0v) is 18.1. The summed E-state index contributed by atoms with van der Waals surface area (Å²) in [4.78, 5) is 12.5. The Labute approximate surface area is 188 Å². The van der Waals surface area contributed by atoms with Crippen LogP contribution in [0.4, 0.5) is 5.69 Å². The van der Waals surface area contributed by atoms with E-state index in [1.54, 1.807) is 12.1 Å². The van der Waals surface area contributed by atoms with Gasteiger partial charge in [-0.25, -0.2) is 4.79 Å². The molecule has 4 heteroatoms. The molecular formula is C27H26ClNO2. The molecule has 0 amide bonds. The van der Waals surface area contributed by atoms with E-state index in [2.05, 4.69) is 59.9 Å². The molecule has 0 heterocycles. The first-order chi connectivity index (χ1) is 15.0. The fraction of sp³-hybridized carbons (Fsp3) is 0.296. The maximum absolute atomic E-state index is 12.5. The molecule has 2 aliphatic carbocycles. The van der Waals surface area contributed by atoms with Crippen LogP contribution in [0.3, 0.4) is 0 Å². The van der Waals surface area contributed by atoms with Crippen LogP contribution < -0.4 is 5.32 Å². The average molecular weight is 432 g/mol. The lowest BCUT2D eigenvalue weighted by molar-refractivity contribution is -0.144. The molecular weight excluding hydrogens is 406 g/mol. The van der Waals surface area contributed by atoms with Gasteiger partial charge in [0, 0.05) is 16.1 Å². The SMILES string of the molecule is O=C(O)C1(Nc2cccc(Cl)c2)CCC2(CC1)c1ccccc1CC2c1ccccc1. The number of carboxylic acids is 1. The second-order valence-corrected chi connectivity index (χ2v) is 9.44. The first-order valence-corrected chi connectivity index (χ1v) is 11.3. The monoisotopic (exact) mass is 431 g/mol. The summed E-state index contributed by atoms with van der Waals surface area (Å²) >= 11 is 6.14. The zero-order chi connectivity index (χ0) is 21.5. The third kappa shape index (κ3) is 3.41. The zero-order valence-electron chi connectivity index (χ0n) is 17.4. The van der Waals surface area contributed by atoms with Crippen molar-refractivity contribution in [3.05, 3.63) is 101 Å². The Kier molecular flexibility index (Phi) is 5.02. The molecule has 1 fully saturated rings. The van der Waals surface area contributed by atoms with Crippen LogP contribution in [0.15, 0.2) is 78.9 Å². The van der Waals surface area contributed by atoms with E-state index in [4.69, 9.17) is 11.6 Å². The molecule has 0 saturated heterocycles. The number of fused-ring (bicyclic) bond motifs is 2. The van der Waals surface area contributed by atoms with Crippen molar-refractivity contribution in [2.24, 2.45) is 0 Å². The Bertz CT molecular complexity index is 1100. The molecule has 1 spiro atoms. The summed E-state index contributed by atoms with van der Waals surface area (Å²) in [5.41, 5.74) is 3.93. The van der Waals surface area contributed by atoms with Gasteiger partial charge >= 0.3 is 5.97 Å². The quantitative estimate of drug-likeness (QED) is 0.500. The van der Waals surface area contributed by atoms with Gasteiger partial charge in [-0.05, 0) is 72.9 Å². The van der Waals surface area contributed by atoms with Gasteiger partial charge in [0.2, 0.25) is 0 Å². The van der Waals surface area contributed by atoms with Gasteiger partial charge in [-0.2, -0.15) is 0 Å². The molecule has 31 heavy (non-hydrogen) atoms.